The van der Waals surface area contributed by atoms with Crippen molar-refractivity contribution in [3.05, 3.63) is 57.5 Å². The van der Waals surface area contributed by atoms with Crippen LogP contribution in [0.3, 0.4) is 0 Å². The van der Waals surface area contributed by atoms with Crippen LogP contribution in [0.1, 0.15) is 17.8 Å². The zero-order valence-corrected chi connectivity index (χ0v) is 19.8. The van der Waals surface area contributed by atoms with Gasteiger partial charge < -0.3 is 4.90 Å². The minimum Gasteiger partial charge on any atom is -0.340 e. The molecule has 1 amide bonds. The monoisotopic (exact) mass is 497 g/mol. The quantitative estimate of drug-likeness (QED) is 0.503. The molecule has 1 aliphatic rings. The molecule has 1 aromatic heterocycles. The van der Waals surface area contributed by atoms with E-state index in [9.17, 15) is 13.2 Å². The Bertz CT molecular complexity index is 1150. The second-order valence-electron chi connectivity index (χ2n) is 7.26. The molecule has 4 rings (SSSR count). The van der Waals surface area contributed by atoms with Gasteiger partial charge in [0, 0.05) is 32.6 Å². The Morgan fingerprint density at radius 1 is 1.00 bits per heavy atom. The average Bonchev–Trinajstić information content (AvgIpc) is 3.16. The van der Waals surface area contributed by atoms with Crippen molar-refractivity contribution in [2.24, 2.45) is 0 Å². The molecule has 31 heavy (non-hydrogen) atoms. The fourth-order valence-corrected chi connectivity index (χ4v) is 7.13. The van der Waals surface area contributed by atoms with Crippen LogP contribution in [0.4, 0.5) is 0 Å². The number of amides is 1. The fourth-order valence-electron chi connectivity index (χ4n) is 3.61. The highest BCUT2D eigenvalue weighted by Crippen LogP contribution is 2.32. The lowest BCUT2D eigenvalue weighted by molar-refractivity contribution is -0.132. The first kappa shape index (κ1) is 22.5. The van der Waals surface area contributed by atoms with Crippen molar-refractivity contribution >= 4 is 60.7 Å². The van der Waals surface area contributed by atoms with E-state index in [0.717, 1.165) is 21.6 Å². The van der Waals surface area contributed by atoms with Gasteiger partial charge in [0.1, 0.15) is 4.90 Å². The Morgan fingerprint density at radius 2 is 1.68 bits per heavy atom. The second kappa shape index (κ2) is 9.42. The molecule has 2 aromatic carbocycles. The van der Waals surface area contributed by atoms with Crippen LogP contribution in [0.5, 0.6) is 0 Å². The number of hydrogen-bond donors (Lipinski definition) is 0. The van der Waals surface area contributed by atoms with Crippen LogP contribution in [0.15, 0.2) is 47.4 Å². The van der Waals surface area contributed by atoms with Crippen molar-refractivity contribution in [1.82, 2.24) is 14.2 Å². The molecule has 0 spiro atoms. The summed E-state index contributed by atoms with van der Waals surface area (Å²) in [6.07, 6.45) is 1.88. The van der Waals surface area contributed by atoms with Crippen molar-refractivity contribution in [2.45, 2.75) is 24.2 Å². The van der Waals surface area contributed by atoms with Gasteiger partial charge in [0.25, 0.3) is 0 Å². The number of hydrogen-bond acceptors (Lipinski definition) is 5. The zero-order valence-electron chi connectivity index (χ0n) is 16.6. The molecule has 1 aliphatic heterocycles. The van der Waals surface area contributed by atoms with E-state index in [2.05, 4.69) is 4.98 Å². The van der Waals surface area contributed by atoms with E-state index in [1.54, 1.807) is 22.3 Å². The largest absolute Gasteiger partial charge is 0.340 e. The molecule has 0 N–H and O–H groups in total. The number of thiazole rings is 1. The molecule has 0 radical (unpaired) electrons. The molecule has 0 unspecified atom stereocenters. The topological polar surface area (TPSA) is 70.6 Å². The summed E-state index contributed by atoms with van der Waals surface area (Å²) < 4.78 is 28.4. The SMILES string of the molecule is O=C(CCCc1nc2ccccc2s1)N1CCN(S(=O)(=O)c2c(Cl)cccc2Cl)CC1. The van der Waals surface area contributed by atoms with Crippen molar-refractivity contribution in [2.75, 3.05) is 26.2 Å². The van der Waals surface area contributed by atoms with Crippen molar-refractivity contribution in [1.29, 1.82) is 0 Å². The maximum Gasteiger partial charge on any atom is 0.246 e. The number of nitrogens with zero attached hydrogens (tertiary/aromatic N) is 3. The van der Waals surface area contributed by atoms with E-state index >= 15 is 0 Å². The molecule has 1 saturated heterocycles. The van der Waals surface area contributed by atoms with E-state index < -0.39 is 10.0 Å². The number of carbonyl (C=O) groups excluding carboxylic acids is 1. The number of rotatable bonds is 6. The summed E-state index contributed by atoms with van der Waals surface area (Å²) in [7, 11) is -3.81. The van der Waals surface area contributed by atoms with Crippen LogP contribution in [0.2, 0.25) is 10.0 Å². The van der Waals surface area contributed by atoms with Gasteiger partial charge in [0.15, 0.2) is 0 Å². The molecular weight excluding hydrogens is 477 g/mol. The van der Waals surface area contributed by atoms with E-state index in [0.29, 0.717) is 25.9 Å². The van der Waals surface area contributed by atoms with Gasteiger partial charge in [0.2, 0.25) is 15.9 Å². The third-order valence-corrected chi connectivity index (χ3v) is 9.18. The first-order valence-corrected chi connectivity index (χ1v) is 12.9. The first-order chi connectivity index (χ1) is 14.9. The van der Waals surface area contributed by atoms with E-state index in [1.807, 2.05) is 24.3 Å². The van der Waals surface area contributed by atoms with Gasteiger partial charge in [-0.3, -0.25) is 4.79 Å². The third kappa shape index (κ3) is 4.88. The minimum atomic E-state index is -3.81. The molecule has 1 fully saturated rings. The van der Waals surface area contributed by atoms with Gasteiger partial charge >= 0.3 is 0 Å². The van der Waals surface area contributed by atoms with Gasteiger partial charge in [0.05, 0.1) is 25.3 Å². The Morgan fingerprint density at radius 3 is 2.35 bits per heavy atom. The summed E-state index contributed by atoms with van der Waals surface area (Å²) in [6.45, 7) is 1.13. The van der Waals surface area contributed by atoms with Crippen molar-refractivity contribution in [3.8, 4) is 0 Å². The highest BCUT2D eigenvalue weighted by atomic mass is 35.5. The summed E-state index contributed by atoms with van der Waals surface area (Å²) in [5.74, 6) is 0.0361. The lowest BCUT2D eigenvalue weighted by Crippen LogP contribution is -2.50. The lowest BCUT2D eigenvalue weighted by Gasteiger charge is -2.34. The summed E-state index contributed by atoms with van der Waals surface area (Å²) in [4.78, 5) is 18.8. The number of fused-ring (bicyclic) bond motifs is 1. The molecule has 164 valence electrons. The number of carbonyl (C=O) groups is 1. The zero-order chi connectivity index (χ0) is 22.0. The predicted molar refractivity (Wildman–Crippen MR) is 124 cm³/mol. The van der Waals surface area contributed by atoms with Crippen molar-refractivity contribution < 1.29 is 13.2 Å². The number of aromatic nitrogens is 1. The molecule has 0 aliphatic carbocycles. The van der Waals surface area contributed by atoms with E-state index in [-0.39, 0.29) is 33.9 Å². The molecule has 0 bridgehead atoms. The van der Waals surface area contributed by atoms with Crippen LogP contribution >= 0.6 is 34.5 Å². The summed E-state index contributed by atoms with van der Waals surface area (Å²) in [6, 6.07) is 12.6. The van der Waals surface area contributed by atoms with Gasteiger partial charge in [-0.2, -0.15) is 4.31 Å². The summed E-state index contributed by atoms with van der Waals surface area (Å²) >= 11 is 13.8. The number of halogens is 2. The predicted octanol–water partition coefficient (Wildman–Crippen LogP) is 4.46. The third-order valence-electron chi connectivity index (χ3n) is 5.23. The van der Waals surface area contributed by atoms with Crippen LogP contribution in [0.25, 0.3) is 10.2 Å². The Kier molecular flexibility index (Phi) is 6.83. The van der Waals surface area contributed by atoms with Gasteiger partial charge in [-0.1, -0.05) is 41.4 Å². The van der Waals surface area contributed by atoms with E-state index in [1.165, 1.54) is 16.4 Å². The average molecular weight is 498 g/mol. The summed E-state index contributed by atoms with van der Waals surface area (Å²) in [5, 5.41) is 1.23. The Hall–Kier alpha value is -1.71. The number of aryl methyl sites for hydroxylation is 1. The standard InChI is InChI=1S/C21H21Cl2N3O3S2/c22-15-5-3-6-16(23)21(15)31(28,29)26-13-11-25(12-14-26)20(27)10-4-9-19-24-17-7-1-2-8-18(17)30-19/h1-3,5-8H,4,9-14H2. The number of benzene rings is 2. The maximum atomic E-state index is 13.0. The van der Waals surface area contributed by atoms with Gasteiger partial charge in [-0.25, -0.2) is 13.4 Å². The van der Waals surface area contributed by atoms with Crippen LogP contribution < -0.4 is 0 Å². The Balaban J connectivity index is 1.30. The molecule has 0 saturated carbocycles. The molecule has 6 nitrogen and oxygen atoms in total. The van der Waals surface area contributed by atoms with Crippen LogP contribution in [-0.2, 0) is 21.2 Å². The fraction of sp³-hybridized carbons (Fsp3) is 0.333. The van der Waals surface area contributed by atoms with Crippen molar-refractivity contribution in [3.63, 3.8) is 0 Å². The normalized spacial score (nSPS) is 15.5. The highest BCUT2D eigenvalue weighted by molar-refractivity contribution is 7.89. The molecular formula is C21H21Cl2N3O3S2. The van der Waals surface area contributed by atoms with Gasteiger partial charge in [-0.05, 0) is 37.1 Å². The van der Waals surface area contributed by atoms with Crippen LogP contribution in [0, 0.1) is 0 Å². The highest BCUT2D eigenvalue weighted by Gasteiger charge is 2.32. The number of para-hydroxylation sites is 1. The first-order valence-electron chi connectivity index (χ1n) is 9.92. The maximum absolute atomic E-state index is 13.0. The Labute approximate surface area is 195 Å². The molecule has 0 atom stereocenters. The molecule has 2 heterocycles. The number of piperazine rings is 1. The second-order valence-corrected chi connectivity index (χ2v) is 11.1. The molecule has 10 heteroatoms. The lowest BCUT2D eigenvalue weighted by atomic mass is 10.2. The smallest absolute Gasteiger partial charge is 0.246 e. The summed E-state index contributed by atoms with van der Waals surface area (Å²) in [5.41, 5.74) is 0.991. The molecule has 3 aromatic rings. The minimum absolute atomic E-state index is 0.0361. The van der Waals surface area contributed by atoms with Gasteiger partial charge in [-0.15, -0.1) is 11.3 Å². The number of sulfonamides is 1. The van der Waals surface area contributed by atoms with E-state index in [4.69, 9.17) is 23.2 Å². The van der Waals surface area contributed by atoms with Crippen LogP contribution in [-0.4, -0.2) is 54.7 Å².